The third-order valence-corrected chi connectivity index (χ3v) is 4.63. The summed E-state index contributed by atoms with van der Waals surface area (Å²) in [6.07, 6.45) is 1.30. The zero-order valence-corrected chi connectivity index (χ0v) is 14.1. The van der Waals surface area contributed by atoms with Crippen molar-refractivity contribution < 1.29 is 19.4 Å². The summed E-state index contributed by atoms with van der Waals surface area (Å²) in [5.74, 6) is -0.778. The first-order valence-electron chi connectivity index (χ1n) is 7.05. The van der Waals surface area contributed by atoms with Gasteiger partial charge >= 0.3 is 12.0 Å². The molecule has 1 heterocycles. The fraction of sp³-hybridized carbons (Fsp3) is 0.467. The Hall–Kier alpha value is -1.76. The van der Waals surface area contributed by atoms with E-state index in [1.54, 1.807) is 13.2 Å². The number of carbonyl (C=O) groups is 2. The van der Waals surface area contributed by atoms with Crippen molar-refractivity contribution in [2.45, 2.75) is 19.8 Å². The van der Waals surface area contributed by atoms with Crippen molar-refractivity contribution in [1.29, 1.82) is 0 Å². The molecule has 0 saturated carbocycles. The molecule has 2 rings (SSSR count). The van der Waals surface area contributed by atoms with Gasteiger partial charge in [-0.2, -0.15) is 0 Å². The number of carboxylic acid groups (broad SMARTS) is 1. The van der Waals surface area contributed by atoms with Crippen LogP contribution in [0.3, 0.4) is 0 Å². The Bertz CT molecular complexity index is 591. The SMILES string of the molecule is COc1cc(C)c(Br)cc1NC(=O)N1CCCC(C(=O)O)C1. The Morgan fingerprint density at radius 2 is 2.18 bits per heavy atom. The number of piperidine rings is 1. The lowest BCUT2D eigenvalue weighted by Gasteiger charge is -2.30. The van der Waals surface area contributed by atoms with Crippen molar-refractivity contribution in [1.82, 2.24) is 4.90 Å². The first-order chi connectivity index (χ1) is 10.4. The van der Waals surface area contributed by atoms with E-state index < -0.39 is 11.9 Å². The highest BCUT2D eigenvalue weighted by atomic mass is 79.9. The minimum absolute atomic E-state index is 0.233. The molecule has 2 amide bonds. The van der Waals surface area contributed by atoms with E-state index >= 15 is 0 Å². The van der Waals surface area contributed by atoms with Gasteiger partial charge < -0.3 is 20.1 Å². The topological polar surface area (TPSA) is 78.9 Å². The van der Waals surface area contributed by atoms with Crippen LogP contribution in [-0.2, 0) is 4.79 Å². The van der Waals surface area contributed by atoms with Gasteiger partial charge in [0.1, 0.15) is 5.75 Å². The number of anilines is 1. The normalized spacial score (nSPS) is 18.0. The largest absolute Gasteiger partial charge is 0.495 e. The van der Waals surface area contributed by atoms with Gasteiger partial charge in [-0.3, -0.25) is 4.79 Å². The average molecular weight is 371 g/mol. The summed E-state index contributed by atoms with van der Waals surface area (Å²) in [6, 6.07) is 3.31. The lowest BCUT2D eigenvalue weighted by Crippen LogP contribution is -2.44. The Kier molecular flexibility index (Phi) is 5.28. The van der Waals surface area contributed by atoms with E-state index in [1.165, 1.54) is 4.90 Å². The summed E-state index contributed by atoms with van der Waals surface area (Å²) in [4.78, 5) is 25.0. The van der Waals surface area contributed by atoms with Gasteiger partial charge in [0.25, 0.3) is 0 Å². The predicted octanol–water partition coefficient (Wildman–Crippen LogP) is 3.09. The molecule has 120 valence electrons. The van der Waals surface area contributed by atoms with Crippen molar-refractivity contribution in [3.05, 3.63) is 22.2 Å². The third kappa shape index (κ3) is 3.71. The molecule has 0 aliphatic carbocycles. The number of nitrogens with zero attached hydrogens (tertiary/aromatic N) is 1. The number of benzene rings is 1. The van der Waals surface area contributed by atoms with Crippen molar-refractivity contribution in [3.63, 3.8) is 0 Å². The number of carboxylic acids is 1. The van der Waals surface area contributed by atoms with E-state index in [-0.39, 0.29) is 12.6 Å². The molecule has 1 aliphatic rings. The van der Waals surface area contributed by atoms with Crippen LogP contribution in [0, 0.1) is 12.8 Å². The standard InChI is InChI=1S/C15H19BrN2O4/c1-9-6-13(22-2)12(7-11(9)16)17-15(21)18-5-3-4-10(8-18)14(19)20/h6-7,10H,3-5,8H2,1-2H3,(H,17,21)(H,19,20). The van der Waals surface area contributed by atoms with Crippen LogP contribution in [0.2, 0.25) is 0 Å². The molecule has 1 fully saturated rings. The summed E-state index contributed by atoms with van der Waals surface area (Å²) in [5.41, 5.74) is 1.56. The molecule has 1 atom stereocenters. The minimum atomic E-state index is -0.854. The summed E-state index contributed by atoms with van der Waals surface area (Å²) >= 11 is 3.43. The van der Waals surface area contributed by atoms with Gasteiger partial charge in [0.2, 0.25) is 0 Å². The monoisotopic (exact) mass is 370 g/mol. The Morgan fingerprint density at radius 3 is 2.82 bits per heavy atom. The van der Waals surface area contributed by atoms with E-state index in [9.17, 15) is 9.59 Å². The number of ether oxygens (including phenoxy) is 1. The maximum Gasteiger partial charge on any atom is 0.321 e. The number of carbonyl (C=O) groups excluding carboxylic acids is 1. The van der Waals surface area contributed by atoms with E-state index in [4.69, 9.17) is 9.84 Å². The van der Waals surface area contributed by atoms with Gasteiger partial charge in [0, 0.05) is 17.6 Å². The van der Waals surface area contributed by atoms with Crippen LogP contribution in [0.25, 0.3) is 0 Å². The Morgan fingerprint density at radius 1 is 1.45 bits per heavy atom. The molecular formula is C15H19BrN2O4. The number of aliphatic carboxylic acids is 1. The predicted molar refractivity (Wildman–Crippen MR) is 86.4 cm³/mol. The van der Waals surface area contributed by atoms with E-state index in [2.05, 4.69) is 21.2 Å². The lowest BCUT2D eigenvalue weighted by atomic mass is 9.99. The van der Waals surface area contributed by atoms with Crippen LogP contribution < -0.4 is 10.1 Å². The van der Waals surface area contributed by atoms with Gasteiger partial charge in [0.15, 0.2) is 0 Å². The second-order valence-corrected chi connectivity index (χ2v) is 6.21. The molecule has 1 saturated heterocycles. The molecule has 7 heteroatoms. The molecule has 0 aromatic heterocycles. The number of rotatable bonds is 3. The molecule has 6 nitrogen and oxygen atoms in total. The van der Waals surface area contributed by atoms with Gasteiger partial charge in [0.05, 0.1) is 18.7 Å². The van der Waals surface area contributed by atoms with Crippen LogP contribution in [0.5, 0.6) is 5.75 Å². The first kappa shape index (κ1) is 16.6. The number of hydrogen-bond donors (Lipinski definition) is 2. The summed E-state index contributed by atoms with van der Waals surface area (Å²) in [7, 11) is 1.54. The molecule has 1 aliphatic heterocycles. The number of likely N-dealkylation sites (tertiary alicyclic amines) is 1. The van der Waals surface area contributed by atoms with Crippen LogP contribution >= 0.6 is 15.9 Å². The van der Waals surface area contributed by atoms with Crippen LogP contribution in [-0.4, -0.2) is 42.2 Å². The zero-order valence-electron chi connectivity index (χ0n) is 12.6. The molecular weight excluding hydrogens is 352 g/mol. The van der Waals surface area contributed by atoms with Crippen molar-refractivity contribution in [2.75, 3.05) is 25.5 Å². The molecule has 22 heavy (non-hydrogen) atoms. The molecule has 2 N–H and O–H groups in total. The Labute approximate surface area is 137 Å². The number of amides is 2. The van der Waals surface area contributed by atoms with E-state index in [0.717, 1.165) is 10.0 Å². The van der Waals surface area contributed by atoms with Crippen molar-refractivity contribution >= 4 is 33.6 Å². The molecule has 1 aromatic carbocycles. The quantitative estimate of drug-likeness (QED) is 0.856. The van der Waals surface area contributed by atoms with E-state index in [0.29, 0.717) is 30.8 Å². The molecule has 0 radical (unpaired) electrons. The molecule has 0 bridgehead atoms. The first-order valence-corrected chi connectivity index (χ1v) is 7.84. The summed E-state index contributed by atoms with van der Waals surface area (Å²) in [6.45, 7) is 2.72. The maximum absolute atomic E-state index is 12.4. The molecule has 1 unspecified atom stereocenters. The van der Waals surface area contributed by atoms with Gasteiger partial charge in [-0.1, -0.05) is 15.9 Å². The number of aryl methyl sites for hydroxylation is 1. The number of halogens is 1. The van der Waals surface area contributed by atoms with Crippen LogP contribution in [0.4, 0.5) is 10.5 Å². The smallest absolute Gasteiger partial charge is 0.321 e. The fourth-order valence-electron chi connectivity index (χ4n) is 2.48. The zero-order chi connectivity index (χ0) is 16.3. The highest BCUT2D eigenvalue weighted by Gasteiger charge is 2.28. The lowest BCUT2D eigenvalue weighted by molar-refractivity contribution is -0.143. The van der Waals surface area contributed by atoms with E-state index in [1.807, 2.05) is 13.0 Å². The van der Waals surface area contributed by atoms with Crippen molar-refractivity contribution in [2.24, 2.45) is 5.92 Å². The highest BCUT2D eigenvalue weighted by Crippen LogP contribution is 2.31. The Balaban J connectivity index is 2.11. The summed E-state index contributed by atoms with van der Waals surface area (Å²) in [5, 5.41) is 11.9. The molecule has 1 aromatic rings. The third-order valence-electron chi connectivity index (χ3n) is 3.78. The van der Waals surface area contributed by atoms with Crippen molar-refractivity contribution in [3.8, 4) is 5.75 Å². The molecule has 0 spiro atoms. The minimum Gasteiger partial charge on any atom is -0.495 e. The maximum atomic E-state index is 12.4. The number of nitrogens with one attached hydrogen (secondary N) is 1. The number of hydrogen-bond acceptors (Lipinski definition) is 3. The highest BCUT2D eigenvalue weighted by molar-refractivity contribution is 9.10. The van der Waals surface area contributed by atoms with Gasteiger partial charge in [-0.25, -0.2) is 4.79 Å². The van der Waals surface area contributed by atoms with Gasteiger partial charge in [-0.05, 0) is 37.5 Å². The second kappa shape index (κ2) is 7.00. The van der Waals surface area contributed by atoms with Crippen LogP contribution in [0.1, 0.15) is 18.4 Å². The number of urea groups is 1. The summed E-state index contributed by atoms with van der Waals surface area (Å²) < 4.78 is 6.15. The van der Waals surface area contributed by atoms with Crippen LogP contribution in [0.15, 0.2) is 16.6 Å². The van der Waals surface area contributed by atoms with Gasteiger partial charge in [-0.15, -0.1) is 0 Å². The number of methoxy groups -OCH3 is 1. The fourth-order valence-corrected chi connectivity index (χ4v) is 2.82. The second-order valence-electron chi connectivity index (χ2n) is 5.36. The average Bonchev–Trinajstić information content (AvgIpc) is 2.50.